The minimum absolute atomic E-state index is 0.0329. The normalized spacial score (nSPS) is 19.9. The van der Waals surface area contributed by atoms with Gasteiger partial charge in [-0.3, -0.25) is 19.4 Å². The molecule has 2 amide bonds. The number of benzene rings is 1. The lowest BCUT2D eigenvalue weighted by Gasteiger charge is -2.38. The monoisotopic (exact) mass is 372 g/mol. The smallest absolute Gasteiger partial charge is 0.239 e. The molecule has 2 saturated heterocycles. The van der Waals surface area contributed by atoms with Crippen LogP contribution < -0.4 is 5.32 Å². The second-order valence-electron chi connectivity index (χ2n) is 7.58. The first-order valence-corrected chi connectivity index (χ1v) is 10.2. The standard InChI is InChI=1S/C21H32N4O2/c1-3-18-8-4-5-9-19(18)22-20(26)16-23-12-14-24(15-13-23)17(2)21(27)25-10-6-7-11-25/h4-5,8-9,17H,3,6-7,10-16H2,1-2H3,(H,22,26)/t17-/m1/s1. The third-order valence-electron chi connectivity index (χ3n) is 5.77. The maximum absolute atomic E-state index is 12.6. The van der Waals surface area contributed by atoms with E-state index in [-0.39, 0.29) is 17.9 Å². The number of aryl methyl sites for hydroxylation is 1. The Morgan fingerprint density at radius 3 is 2.37 bits per heavy atom. The van der Waals surface area contributed by atoms with E-state index in [0.717, 1.165) is 69.8 Å². The second-order valence-corrected chi connectivity index (χ2v) is 7.58. The van der Waals surface area contributed by atoms with Gasteiger partial charge in [-0.15, -0.1) is 0 Å². The number of para-hydroxylation sites is 1. The van der Waals surface area contributed by atoms with Crippen molar-refractivity contribution in [1.82, 2.24) is 14.7 Å². The van der Waals surface area contributed by atoms with Crippen LogP contribution in [-0.4, -0.2) is 78.4 Å². The molecule has 0 spiro atoms. The topological polar surface area (TPSA) is 55.9 Å². The van der Waals surface area contributed by atoms with Gasteiger partial charge in [0, 0.05) is 45.0 Å². The van der Waals surface area contributed by atoms with Crippen molar-refractivity contribution in [2.45, 2.75) is 39.2 Å². The molecule has 3 rings (SSSR count). The Morgan fingerprint density at radius 1 is 1.04 bits per heavy atom. The number of hydrogen-bond acceptors (Lipinski definition) is 4. The van der Waals surface area contributed by atoms with Crippen LogP contribution in [0.2, 0.25) is 0 Å². The number of carbonyl (C=O) groups excluding carboxylic acids is 2. The Kier molecular flexibility index (Phi) is 6.85. The summed E-state index contributed by atoms with van der Waals surface area (Å²) < 4.78 is 0. The fourth-order valence-corrected chi connectivity index (χ4v) is 4.01. The molecule has 0 saturated carbocycles. The molecule has 2 heterocycles. The van der Waals surface area contributed by atoms with Crippen LogP contribution in [0.4, 0.5) is 5.69 Å². The van der Waals surface area contributed by atoms with Crippen molar-refractivity contribution >= 4 is 17.5 Å². The minimum Gasteiger partial charge on any atom is -0.341 e. The van der Waals surface area contributed by atoms with Crippen LogP contribution in [0, 0.1) is 0 Å². The molecule has 1 atom stereocenters. The summed E-state index contributed by atoms with van der Waals surface area (Å²) in [6.07, 6.45) is 3.16. The van der Waals surface area contributed by atoms with Crippen LogP contribution in [0.5, 0.6) is 0 Å². The van der Waals surface area contributed by atoms with Gasteiger partial charge in [0.15, 0.2) is 0 Å². The molecule has 0 bridgehead atoms. The van der Waals surface area contributed by atoms with Gasteiger partial charge in [0.25, 0.3) is 0 Å². The molecule has 0 aromatic heterocycles. The molecule has 27 heavy (non-hydrogen) atoms. The van der Waals surface area contributed by atoms with Gasteiger partial charge in [-0.1, -0.05) is 25.1 Å². The number of nitrogens with zero attached hydrogens (tertiary/aromatic N) is 3. The fourth-order valence-electron chi connectivity index (χ4n) is 4.01. The lowest BCUT2D eigenvalue weighted by molar-refractivity contribution is -0.136. The van der Waals surface area contributed by atoms with Gasteiger partial charge >= 0.3 is 0 Å². The van der Waals surface area contributed by atoms with Crippen molar-refractivity contribution in [3.63, 3.8) is 0 Å². The maximum atomic E-state index is 12.6. The number of hydrogen-bond donors (Lipinski definition) is 1. The molecule has 0 aliphatic carbocycles. The van der Waals surface area contributed by atoms with E-state index in [9.17, 15) is 9.59 Å². The Bertz CT molecular complexity index is 649. The number of rotatable bonds is 6. The Morgan fingerprint density at radius 2 is 1.70 bits per heavy atom. The van der Waals surface area contributed by atoms with Crippen LogP contribution in [0.15, 0.2) is 24.3 Å². The number of piperazine rings is 1. The van der Waals surface area contributed by atoms with E-state index in [1.807, 2.05) is 36.1 Å². The molecule has 148 valence electrons. The molecule has 0 radical (unpaired) electrons. The Balaban J connectivity index is 1.45. The zero-order chi connectivity index (χ0) is 19.2. The van der Waals surface area contributed by atoms with Crippen molar-refractivity contribution < 1.29 is 9.59 Å². The second kappa shape index (κ2) is 9.33. The molecular formula is C21H32N4O2. The lowest BCUT2D eigenvalue weighted by Crippen LogP contribution is -2.55. The van der Waals surface area contributed by atoms with Crippen molar-refractivity contribution in [3.05, 3.63) is 29.8 Å². The SMILES string of the molecule is CCc1ccccc1NC(=O)CN1CCN([C@H](C)C(=O)N2CCCC2)CC1. The van der Waals surface area contributed by atoms with E-state index in [4.69, 9.17) is 0 Å². The zero-order valence-corrected chi connectivity index (χ0v) is 16.6. The van der Waals surface area contributed by atoms with Crippen molar-refractivity contribution in [3.8, 4) is 0 Å². The predicted octanol–water partition coefficient (Wildman–Crippen LogP) is 1.82. The van der Waals surface area contributed by atoms with E-state index >= 15 is 0 Å². The molecule has 2 fully saturated rings. The average Bonchev–Trinajstić information content (AvgIpc) is 3.22. The van der Waals surface area contributed by atoms with E-state index in [1.54, 1.807) is 0 Å². The van der Waals surface area contributed by atoms with Gasteiger partial charge in [0.2, 0.25) is 11.8 Å². The summed E-state index contributed by atoms with van der Waals surface area (Å²) in [5, 5.41) is 3.04. The summed E-state index contributed by atoms with van der Waals surface area (Å²) in [5.41, 5.74) is 2.07. The van der Waals surface area contributed by atoms with Crippen molar-refractivity contribution in [1.29, 1.82) is 0 Å². The van der Waals surface area contributed by atoms with Crippen LogP contribution in [-0.2, 0) is 16.0 Å². The molecule has 2 aliphatic heterocycles. The Hall–Kier alpha value is -1.92. The summed E-state index contributed by atoms with van der Waals surface area (Å²) in [6, 6.07) is 7.90. The summed E-state index contributed by atoms with van der Waals surface area (Å²) in [4.78, 5) is 31.4. The first-order chi connectivity index (χ1) is 13.1. The number of amides is 2. The van der Waals surface area contributed by atoms with Crippen LogP contribution in [0.25, 0.3) is 0 Å². The molecule has 2 aliphatic rings. The summed E-state index contributed by atoms with van der Waals surface area (Å²) in [7, 11) is 0. The van der Waals surface area contributed by atoms with E-state index in [1.165, 1.54) is 0 Å². The van der Waals surface area contributed by atoms with Gasteiger partial charge in [0.1, 0.15) is 0 Å². The third kappa shape index (κ3) is 5.08. The first kappa shape index (κ1) is 19.8. The van der Waals surface area contributed by atoms with Crippen LogP contribution in [0.1, 0.15) is 32.3 Å². The summed E-state index contributed by atoms with van der Waals surface area (Å²) >= 11 is 0. The highest BCUT2D eigenvalue weighted by atomic mass is 16.2. The highest BCUT2D eigenvalue weighted by molar-refractivity contribution is 5.93. The molecular weight excluding hydrogens is 340 g/mol. The van der Waals surface area contributed by atoms with Crippen LogP contribution in [0.3, 0.4) is 0 Å². The number of likely N-dealkylation sites (tertiary alicyclic amines) is 1. The molecule has 1 aromatic rings. The summed E-state index contributed by atoms with van der Waals surface area (Å²) in [5.74, 6) is 0.292. The van der Waals surface area contributed by atoms with Crippen LogP contribution >= 0.6 is 0 Å². The third-order valence-corrected chi connectivity index (χ3v) is 5.77. The number of carbonyl (C=O) groups is 2. The molecule has 1 N–H and O–H groups in total. The highest BCUT2D eigenvalue weighted by Crippen LogP contribution is 2.16. The quantitative estimate of drug-likeness (QED) is 0.828. The summed E-state index contributed by atoms with van der Waals surface area (Å²) in [6.45, 7) is 9.63. The van der Waals surface area contributed by atoms with Gasteiger partial charge in [-0.25, -0.2) is 0 Å². The largest absolute Gasteiger partial charge is 0.341 e. The first-order valence-electron chi connectivity index (χ1n) is 10.2. The number of nitrogens with one attached hydrogen (secondary N) is 1. The minimum atomic E-state index is -0.0597. The lowest BCUT2D eigenvalue weighted by atomic mass is 10.1. The highest BCUT2D eigenvalue weighted by Gasteiger charge is 2.30. The molecule has 1 aromatic carbocycles. The molecule has 6 nitrogen and oxygen atoms in total. The van der Waals surface area contributed by atoms with E-state index < -0.39 is 0 Å². The fraction of sp³-hybridized carbons (Fsp3) is 0.619. The maximum Gasteiger partial charge on any atom is 0.239 e. The van der Waals surface area contributed by atoms with Crippen molar-refractivity contribution in [2.75, 3.05) is 51.1 Å². The van der Waals surface area contributed by atoms with Gasteiger partial charge in [0.05, 0.1) is 12.6 Å². The van der Waals surface area contributed by atoms with Gasteiger partial charge in [-0.05, 0) is 37.8 Å². The molecule has 0 unspecified atom stereocenters. The Labute approximate surface area is 162 Å². The van der Waals surface area contributed by atoms with E-state index in [0.29, 0.717) is 6.54 Å². The van der Waals surface area contributed by atoms with Gasteiger partial charge < -0.3 is 10.2 Å². The van der Waals surface area contributed by atoms with Gasteiger partial charge in [-0.2, -0.15) is 0 Å². The molecule has 6 heteroatoms. The zero-order valence-electron chi connectivity index (χ0n) is 16.6. The number of anilines is 1. The average molecular weight is 373 g/mol. The predicted molar refractivity (Wildman–Crippen MR) is 108 cm³/mol. The van der Waals surface area contributed by atoms with E-state index in [2.05, 4.69) is 22.0 Å². The van der Waals surface area contributed by atoms with Crippen molar-refractivity contribution in [2.24, 2.45) is 0 Å².